The maximum atomic E-state index is 10.2. The molecule has 0 spiro atoms. The smallest absolute Gasteiger partial charge is 0.211 e. The lowest BCUT2D eigenvalue weighted by Gasteiger charge is -2.18. The van der Waals surface area contributed by atoms with Crippen LogP contribution in [0.5, 0.6) is 0 Å². The molecule has 0 aliphatic rings. The molecule has 1 aromatic carbocycles. The third kappa shape index (κ3) is 2.18. The van der Waals surface area contributed by atoms with Crippen LogP contribution in [-0.2, 0) is 10.3 Å². The number of hydrogen-bond acceptors (Lipinski definition) is 2. The van der Waals surface area contributed by atoms with Crippen molar-refractivity contribution in [3.8, 4) is 0 Å². The van der Waals surface area contributed by atoms with E-state index in [0.717, 1.165) is 11.1 Å². The van der Waals surface area contributed by atoms with Crippen LogP contribution in [0.1, 0.15) is 25.0 Å². The quantitative estimate of drug-likeness (QED) is 0.528. The number of rotatable bonds is 3. The Morgan fingerprint density at radius 1 is 1.50 bits per heavy atom. The van der Waals surface area contributed by atoms with Crippen LogP contribution < -0.4 is 0 Å². The molecule has 0 atom stereocenters. The maximum Gasteiger partial charge on any atom is 0.235 e. The molecule has 1 rings (SSSR count). The summed E-state index contributed by atoms with van der Waals surface area (Å²) in [6.07, 6.45) is 3.36. The SMILES string of the molecule is C=Cc1cccc(C(C)(C)N=C=O)c1. The van der Waals surface area contributed by atoms with Gasteiger partial charge in [0.1, 0.15) is 0 Å². The molecule has 0 saturated carbocycles. The van der Waals surface area contributed by atoms with Crippen molar-refractivity contribution >= 4 is 12.2 Å². The van der Waals surface area contributed by atoms with Crippen LogP contribution in [0.2, 0.25) is 0 Å². The second kappa shape index (κ2) is 4.03. The highest BCUT2D eigenvalue weighted by molar-refractivity contribution is 5.49. The van der Waals surface area contributed by atoms with E-state index in [-0.39, 0.29) is 0 Å². The van der Waals surface area contributed by atoms with Gasteiger partial charge in [-0.15, -0.1) is 0 Å². The summed E-state index contributed by atoms with van der Waals surface area (Å²) in [5.74, 6) is 0. The first-order valence-corrected chi connectivity index (χ1v) is 4.42. The van der Waals surface area contributed by atoms with Gasteiger partial charge in [0.15, 0.2) is 0 Å². The highest BCUT2D eigenvalue weighted by Crippen LogP contribution is 2.24. The van der Waals surface area contributed by atoms with Gasteiger partial charge in [-0.25, -0.2) is 4.79 Å². The van der Waals surface area contributed by atoms with Crippen LogP contribution in [0, 0.1) is 0 Å². The molecule has 2 nitrogen and oxygen atoms in total. The van der Waals surface area contributed by atoms with Crippen LogP contribution in [-0.4, -0.2) is 6.08 Å². The van der Waals surface area contributed by atoms with E-state index in [9.17, 15) is 4.79 Å². The number of aliphatic imine (C=N–C) groups is 1. The van der Waals surface area contributed by atoms with Crippen molar-refractivity contribution < 1.29 is 4.79 Å². The Morgan fingerprint density at radius 3 is 2.79 bits per heavy atom. The second-order valence-corrected chi connectivity index (χ2v) is 3.59. The Labute approximate surface area is 84.0 Å². The first kappa shape index (κ1) is 10.4. The van der Waals surface area contributed by atoms with Crippen molar-refractivity contribution in [1.82, 2.24) is 0 Å². The lowest BCUT2D eigenvalue weighted by Crippen LogP contribution is -2.13. The van der Waals surface area contributed by atoms with E-state index in [0.29, 0.717) is 0 Å². The van der Waals surface area contributed by atoms with Crippen molar-refractivity contribution in [3.63, 3.8) is 0 Å². The first-order valence-electron chi connectivity index (χ1n) is 4.42. The number of benzene rings is 1. The predicted molar refractivity (Wildman–Crippen MR) is 57.7 cm³/mol. The Balaban J connectivity index is 3.18. The summed E-state index contributed by atoms with van der Waals surface area (Å²) in [6.45, 7) is 7.44. The summed E-state index contributed by atoms with van der Waals surface area (Å²) in [7, 11) is 0. The van der Waals surface area contributed by atoms with E-state index in [1.807, 2.05) is 38.1 Å². The summed E-state index contributed by atoms with van der Waals surface area (Å²) in [4.78, 5) is 14.0. The van der Waals surface area contributed by atoms with Crippen LogP contribution >= 0.6 is 0 Å². The highest BCUT2D eigenvalue weighted by Gasteiger charge is 2.18. The van der Waals surface area contributed by atoms with Gasteiger partial charge in [0.25, 0.3) is 0 Å². The van der Waals surface area contributed by atoms with Gasteiger partial charge in [-0.05, 0) is 31.0 Å². The van der Waals surface area contributed by atoms with E-state index in [4.69, 9.17) is 0 Å². The summed E-state index contributed by atoms with van der Waals surface area (Å²) in [5, 5.41) is 0. The number of isocyanates is 1. The molecule has 0 aliphatic carbocycles. The van der Waals surface area contributed by atoms with Gasteiger partial charge in [0, 0.05) is 0 Å². The Bertz CT molecular complexity index is 387. The average Bonchev–Trinajstić information content (AvgIpc) is 2.18. The molecule has 1 aromatic rings. The van der Waals surface area contributed by atoms with Crippen molar-refractivity contribution in [1.29, 1.82) is 0 Å². The molecule has 0 radical (unpaired) electrons. The zero-order valence-corrected chi connectivity index (χ0v) is 8.45. The predicted octanol–water partition coefficient (Wildman–Crippen LogP) is 2.90. The fraction of sp³-hybridized carbons (Fsp3) is 0.250. The molecule has 0 aliphatic heterocycles. The third-order valence-electron chi connectivity index (χ3n) is 2.15. The molecular formula is C12H13NO. The van der Waals surface area contributed by atoms with E-state index in [2.05, 4.69) is 11.6 Å². The molecule has 0 amide bonds. The first-order chi connectivity index (χ1) is 6.60. The molecule has 2 heteroatoms. The molecule has 0 bridgehead atoms. The van der Waals surface area contributed by atoms with Crippen molar-refractivity contribution in [2.75, 3.05) is 0 Å². The van der Waals surface area contributed by atoms with Crippen molar-refractivity contribution in [2.24, 2.45) is 4.99 Å². The summed E-state index contributed by atoms with van der Waals surface area (Å²) < 4.78 is 0. The van der Waals surface area contributed by atoms with Crippen LogP contribution in [0.25, 0.3) is 6.08 Å². The van der Waals surface area contributed by atoms with Gasteiger partial charge in [-0.3, -0.25) is 0 Å². The van der Waals surface area contributed by atoms with Crippen LogP contribution in [0.4, 0.5) is 0 Å². The molecule has 0 aromatic heterocycles. The lowest BCUT2D eigenvalue weighted by atomic mass is 9.94. The van der Waals surface area contributed by atoms with Gasteiger partial charge < -0.3 is 0 Å². The fourth-order valence-corrected chi connectivity index (χ4v) is 1.22. The summed E-state index contributed by atoms with van der Waals surface area (Å²) in [5.41, 5.74) is 1.50. The molecular weight excluding hydrogens is 174 g/mol. The monoisotopic (exact) mass is 187 g/mol. The molecule has 0 N–H and O–H groups in total. The Hall–Kier alpha value is -1.66. The van der Waals surface area contributed by atoms with Gasteiger partial charge >= 0.3 is 0 Å². The zero-order chi connectivity index (χ0) is 10.6. The third-order valence-corrected chi connectivity index (χ3v) is 2.15. The zero-order valence-electron chi connectivity index (χ0n) is 8.45. The van der Waals surface area contributed by atoms with E-state index in [1.165, 1.54) is 0 Å². The maximum absolute atomic E-state index is 10.2. The van der Waals surface area contributed by atoms with Gasteiger partial charge in [0.2, 0.25) is 6.08 Å². The topological polar surface area (TPSA) is 29.4 Å². The molecule has 0 heterocycles. The molecule has 0 unspecified atom stereocenters. The van der Waals surface area contributed by atoms with E-state index >= 15 is 0 Å². The van der Waals surface area contributed by atoms with E-state index < -0.39 is 5.54 Å². The van der Waals surface area contributed by atoms with Crippen LogP contribution in [0.15, 0.2) is 35.8 Å². The minimum atomic E-state index is -0.513. The fourth-order valence-electron chi connectivity index (χ4n) is 1.22. The molecule has 14 heavy (non-hydrogen) atoms. The minimum Gasteiger partial charge on any atom is -0.211 e. The van der Waals surface area contributed by atoms with Crippen molar-refractivity contribution in [2.45, 2.75) is 19.4 Å². The van der Waals surface area contributed by atoms with Gasteiger partial charge in [-0.2, -0.15) is 4.99 Å². The lowest BCUT2D eigenvalue weighted by molar-refractivity contribution is 0.523. The standard InChI is InChI=1S/C12H13NO/c1-4-10-6-5-7-11(8-10)12(2,3)13-9-14/h4-8H,1H2,2-3H3. The number of nitrogens with zero attached hydrogens (tertiary/aromatic N) is 1. The van der Waals surface area contributed by atoms with E-state index in [1.54, 1.807) is 12.2 Å². The highest BCUT2D eigenvalue weighted by atomic mass is 16.1. The second-order valence-electron chi connectivity index (χ2n) is 3.59. The molecule has 0 fully saturated rings. The molecule has 72 valence electrons. The Morgan fingerprint density at radius 2 is 2.21 bits per heavy atom. The minimum absolute atomic E-state index is 0.513. The van der Waals surface area contributed by atoms with Gasteiger partial charge in [-0.1, -0.05) is 30.9 Å². The van der Waals surface area contributed by atoms with Crippen LogP contribution in [0.3, 0.4) is 0 Å². The number of carbonyl (C=O) groups excluding carboxylic acids is 1. The van der Waals surface area contributed by atoms with Crippen molar-refractivity contribution in [3.05, 3.63) is 42.0 Å². The summed E-state index contributed by atoms with van der Waals surface area (Å²) >= 11 is 0. The normalized spacial score (nSPS) is 10.4. The number of hydrogen-bond donors (Lipinski definition) is 0. The largest absolute Gasteiger partial charge is 0.235 e. The summed E-state index contributed by atoms with van der Waals surface area (Å²) in [6, 6.07) is 7.79. The van der Waals surface area contributed by atoms with Gasteiger partial charge in [0.05, 0.1) is 5.54 Å². The molecule has 0 saturated heterocycles. The Kier molecular flexibility index (Phi) is 3.00. The average molecular weight is 187 g/mol.